The Hall–Kier alpha value is -1.29. The molecule has 1 aromatic carbocycles. The predicted molar refractivity (Wildman–Crippen MR) is 61.8 cm³/mol. The smallest absolute Gasteiger partial charge is 0.339 e. The Bertz CT molecular complexity index is 440. The molecule has 0 bridgehead atoms. The Morgan fingerprint density at radius 2 is 2.19 bits per heavy atom. The van der Waals surface area contributed by atoms with Crippen LogP contribution in [0.3, 0.4) is 0 Å². The molecule has 0 saturated heterocycles. The zero-order valence-corrected chi connectivity index (χ0v) is 9.80. The first-order valence-corrected chi connectivity index (χ1v) is 6.05. The highest BCUT2D eigenvalue weighted by Crippen LogP contribution is 2.31. The molecule has 0 aromatic heterocycles. The third-order valence-corrected chi connectivity index (χ3v) is 3.79. The lowest BCUT2D eigenvalue weighted by Gasteiger charge is -2.09. The standard InChI is InChI=1S/C12H12O3S/c1-15-12(14)10-4-2-3-8-5-6-9(13)7-16-11(8)10/h2-4H,5-7H2,1H3. The number of thioether (sulfide) groups is 1. The quantitative estimate of drug-likeness (QED) is 0.700. The summed E-state index contributed by atoms with van der Waals surface area (Å²) in [4.78, 5) is 23.8. The first kappa shape index (κ1) is 11.2. The number of fused-ring (bicyclic) bond motifs is 1. The predicted octanol–water partition coefficient (Wildman–Crippen LogP) is 2.08. The molecule has 0 aliphatic carbocycles. The Morgan fingerprint density at radius 3 is 2.94 bits per heavy atom. The van der Waals surface area contributed by atoms with E-state index in [1.54, 1.807) is 6.07 Å². The lowest BCUT2D eigenvalue weighted by Crippen LogP contribution is -2.04. The van der Waals surface area contributed by atoms with E-state index >= 15 is 0 Å². The van der Waals surface area contributed by atoms with Crippen molar-refractivity contribution in [3.63, 3.8) is 0 Å². The zero-order valence-electron chi connectivity index (χ0n) is 8.99. The Labute approximate surface area is 98.2 Å². The molecule has 0 amide bonds. The van der Waals surface area contributed by atoms with Crippen LogP contribution in [0.15, 0.2) is 23.1 Å². The SMILES string of the molecule is COC(=O)c1cccc2c1SCC(=O)CC2. The molecule has 1 aromatic rings. The number of ether oxygens (including phenoxy) is 1. The van der Waals surface area contributed by atoms with Crippen LogP contribution in [-0.4, -0.2) is 24.6 Å². The fourth-order valence-corrected chi connectivity index (χ4v) is 2.83. The van der Waals surface area contributed by atoms with E-state index in [0.717, 1.165) is 10.5 Å². The Kier molecular flexibility index (Phi) is 3.29. The number of hydrogen-bond donors (Lipinski definition) is 0. The lowest BCUT2D eigenvalue weighted by molar-refractivity contribution is -0.116. The fraction of sp³-hybridized carbons (Fsp3) is 0.333. The van der Waals surface area contributed by atoms with Crippen LogP contribution in [0.1, 0.15) is 22.3 Å². The highest BCUT2D eigenvalue weighted by atomic mass is 32.2. The van der Waals surface area contributed by atoms with Gasteiger partial charge in [-0.2, -0.15) is 0 Å². The average molecular weight is 236 g/mol. The third-order valence-electron chi connectivity index (χ3n) is 2.55. The molecule has 0 spiro atoms. The van der Waals surface area contributed by atoms with Crippen molar-refractivity contribution in [1.29, 1.82) is 0 Å². The number of rotatable bonds is 1. The van der Waals surface area contributed by atoms with Gasteiger partial charge in [0.2, 0.25) is 0 Å². The summed E-state index contributed by atoms with van der Waals surface area (Å²) >= 11 is 1.44. The van der Waals surface area contributed by atoms with Crippen molar-refractivity contribution in [2.45, 2.75) is 17.7 Å². The minimum atomic E-state index is -0.335. The second kappa shape index (κ2) is 4.70. The van der Waals surface area contributed by atoms with Crippen molar-refractivity contribution in [1.82, 2.24) is 0 Å². The maximum atomic E-state index is 11.6. The van der Waals surface area contributed by atoms with Gasteiger partial charge in [-0.25, -0.2) is 4.79 Å². The number of hydrogen-bond acceptors (Lipinski definition) is 4. The van der Waals surface area contributed by atoms with Crippen molar-refractivity contribution in [3.05, 3.63) is 29.3 Å². The van der Waals surface area contributed by atoms with Crippen molar-refractivity contribution in [3.8, 4) is 0 Å². The number of Topliss-reactive ketones (excluding diaryl/α,β-unsaturated/α-hetero) is 1. The summed E-state index contributed by atoms with van der Waals surface area (Å²) in [6.45, 7) is 0. The molecule has 84 valence electrons. The summed E-state index contributed by atoms with van der Waals surface area (Å²) in [6.07, 6.45) is 1.27. The minimum absolute atomic E-state index is 0.233. The number of aryl methyl sites for hydroxylation is 1. The maximum Gasteiger partial charge on any atom is 0.339 e. The highest BCUT2D eigenvalue weighted by molar-refractivity contribution is 8.00. The maximum absolute atomic E-state index is 11.6. The van der Waals surface area contributed by atoms with Crippen LogP contribution < -0.4 is 0 Å². The molecule has 4 heteroatoms. The number of ketones is 1. The molecule has 0 atom stereocenters. The van der Waals surface area contributed by atoms with Crippen LogP contribution in [0.4, 0.5) is 0 Å². The van der Waals surface area contributed by atoms with E-state index in [4.69, 9.17) is 4.74 Å². The van der Waals surface area contributed by atoms with Crippen molar-refractivity contribution in [2.24, 2.45) is 0 Å². The molecule has 1 aliphatic rings. The van der Waals surface area contributed by atoms with E-state index < -0.39 is 0 Å². The molecule has 3 nitrogen and oxygen atoms in total. The van der Waals surface area contributed by atoms with E-state index in [9.17, 15) is 9.59 Å². The first-order chi connectivity index (χ1) is 7.72. The molecule has 1 heterocycles. The summed E-state index contributed by atoms with van der Waals surface area (Å²) in [5, 5.41) is 0. The van der Waals surface area contributed by atoms with E-state index in [1.807, 2.05) is 12.1 Å². The molecule has 0 radical (unpaired) electrons. The first-order valence-electron chi connectivity index (χ1n) is 5.07. The van der Waals surface area contributed by atoms with Gasteiger partial charge < -0.3 is 4.74 Å². The Morgan fingerprint density at radius 1 is 1.38 bits per heavy atom. The normalized spacial score (nSPS) is 15.2. The van der Waals surface area contributed by atoms with Crippen molar-refractivity contribution < 1.29 is 14.3 Å². The van der Waals surface area contributed by atoms with Crippen LogP contribution in [0.2, 0.25) is 0 Å². The molecule has 1 aliphatic heterocycles. The van der Waals surface area contributed by atoms with Crippen LogP contribution in [-0.2, 0) is 16.0 Å². The van der Waals surface area contributed by atoms with Crippen LogP contribution in [0.25, 0.3) is 0 Å². The Balaban J connectivity index is 2.43. The highest BCUT2D eigenvalue weighted by Gasteiger charge is 2.20. The monoisotopic (exact) mass is 236 g/mol. The third kappa shape index (κ3) is 2.11. The molecular weight excluding hydrogens is 224 g/mol. The molecule has 0 N–H and O–H groups in total. The lowest BCUT2D eigenvalue weighted by atomic mass is 10.1. The summed E-state index contributed by atoms with van der Waals surface area (Å²) in [5.41, 5.74) is 1.64. The van der Waals surface area contributed by atoms with Gasteiger partial charge in [0, 0.05) is 11.3 Å². The van der Waals surface area contributed by atoms with Gasteiger partial charge in [-0.15, -0.1) is 11.8 Å². The van der Waals surface area contributed by atoms with E-state index in [0.29, 0.717) is 24.2 Å². The van der Waals surface area contributed by atoms with Gasteiger partial charge in [-0.3, -0.25) is 4.79 Å². The van der Waals surface area contributed by atoms with Gasteiger partial charge in [0.15, 0.2) is 0 Å². The summed E-state index contributed by atoms with van der Waals surface area (Å²) in [6, 6.07) is 5.54. The zero-order chi connectivity index (χ0) is 11.5. The van der Waals surface area contributed by atoms with Crippen LogP contribution in [0.5, 0.6) is 0 Å². The largest absolute Gasteiger partial charge is 0.465 e. The molecule has 0 fully saturated rings. The van der Waals surface area contributed by atoms with Gasteiger partial charge in [-0.05, 0) is 18.1 Å². The molecule has 16 heavy (non-hydrogen) atoms. The number of carbonyl (C=O) groups is 2. The van der Waals surface area contributed by atoms with Gasteiger partial charge >= 0.3 is 5.97 Å². The van der Waals surface area contributed by atoms with Crippen LogP contribution >= 0.6 is 11.8 Å². The number of benzene rings is 1. The average Bonchev–Trinajstić information content (AvgIpc) is 2.50. The number of carbonyl (C=O) groups excluding carboxylic acids is 2. The minimum Gasteiger partial charge on any atom is -0.465 e. The van der Waals surface area contributed by atoms with Crippen LogP contribution in [0, 0.1) is 0 Å². The second-order valence-electron chi connectivity index (χ2n) is 3.61. The van der Waals surface area contributed by atoms with Gasteiger partial charge in [-0.1, -0.05) is 12.1 Å². The van der Waals surface area contributed by atoms with E-state index in [2.05, 4.69) is 0 Å². The van der Waals surface area contributed by atoms with Crippen molar-refractivity contribution >= 4 is 23.5 Å². The summed E-state index contributed by atoms with van der Waals surface area (Å²) in [7, 11) is 1.37. The fourth-order valence-electron chi connectivity index (χ4n) is 1.72. The summed E-state index contributed by atoms with van der Waals surface area (Å²) in [5.74, 6) is 0.344. The van der Waals surface area contributed by atoms with Gasteiger partial charge in [0.1, 0.15) is 5.78 Å². The van der Waals surface area contributed by atoms with Gasteiger partial charge in [0.05, 0.1) is 18.4 Å². The van der Waals surface area contributed by atoms with E-state index in [-0.39, 0.29) is 11.8 Å². The second-order valence-corrected chi connectivity index (χ2v) is 4.60. The number of methoxy groups -OCH3 is 1. The van der Waals surface area contributed by atoms with E-state index in [1.165, 1.54) is 18.9 Å². The molecule has 0 unspecified atom stereocenters. The van der Waals surface area contributed by atoms with Crippen molar-refractivity contribution in [2.75, 3.05) is 12.9 Å². The molecular formula is C12H12O3S. The molecule has 2 rings (SSSR count). The summed E-state index contributed by atoms with van der Waals surface area (Å²) < 4.78 is 4.73. The topological polar surface area (TPSA) is 43.4 Å². The van der Waals surface area contributed by atoms with Gasteiger partial charge in [0.25, 0.3) is 0 Å². The molecule has 0 saturated carbocycles. The number of esters is 1.